The number of imide groups is 1. The van der Waals surface area contributed by atoms with Crippen molar-refractivity contribution in [3.8, 4) is 11.5 Å². The summed E-state index contributed by atoms with van der Waals surface area (Å²) in [6, 6.07) is 14.1. The number of carbonyl (C=O) groups excluding carboxylic acids is 2. The maximum absolute atomic E-state index is 12.7. The molecule has 0 spiro atoms. The van der Waals surface area contributed by atoms with E-state index in [9.17, 15) is 14.4 Å². The Morgan fingerprint density at radius 1 is 1.17 bits per heavy atom. The second-order valence-corrected chi connectivity index (χ2v) is 7.26. The Morgan fingerprint density at radius 2 is 1.90 bits per heavy atom. The number of hydrogen-bond acceptors (Lipinski definition) is 6. The molecule has 2 aromatic rings. The zero-order chi connectivity index (χ0) is 21.0. The molecule has 1 aliphatic rings. The van der Waals surface area contributed by atoms with Crippen molar-refractivity contribution >= 4 is 35.0 Å². The highest BCUT2D eigenvalue weighted by molar-refractivity contribution is 8.18. The van der Waals surface area contributed by atoms with Crippen molar-refractivity contribution in [2.45, 2.75) is 19.6 Å². The molecule has 0 radical (unpaired) electrons. The van der Waals surface area contributed by atoms with Crippen LogP contribution >= 0.6 is 11.8 Å². The van der Waals surface area contributed by atoms with Gasteiger partial charge in [-0.05, 0) is 48.0 Å². The Bertz CT molecular complexity index is 972. The van der Waals surface area contributed by atoms with Crippen LogP contribution in [-0.2, 0) is 16.1 Å². The number of carboxylic acids is 1. The summed E-state index contributed by atoms with van der Waals surface area (Å²) in [7, 11) is 1.44. The van der Waals surface area contributed by atoms with E-state index >= 15 is 0 Å². The Labute approximate surface area is 171 Å². The number of carbonyl (C=O) groups is 3. The zero-order valence-corrected chi connectivity index (χ0v) is 16.6. The number of methoxy groups -OCH3 is 1. The Kier molecular flexibility index (Phi) is 6.23. The quantitative estimate of drug-likeness (QED) is 0.691. The van der Waals surface area contributed by atoms with E-state index in [1.807, 2.05) is 30.3 Å². The molecule has 8 heteroatoms. The summed E-state index contributed by atoms with van der Waals surface area (Å²) >= 11 is 0.877. The van der Waals surface area contributed by atoms with Gasteiger partial charge in [0.15, 0.2) is 17.6 Å². The lowest BCUT2D eigenvalue weighted by Gasteiger charge is -2.14. The van der Waals surface area contributed by atoms with Crippen molar-refractivity contribution in [2.75, 3.05) is 7.11 Å². The van der Waals surface area contributed by atoms with Crippen molar-refractivity contribution in [3.05, 3.63) is 64.6 Å². The summed E-state index contributed by atoms with van der Waals surface area (Å²) in [5.74, 6) is -0.849. The smallest absolute Gasteiger partial charge is 0.344 e. The second kappa shape index (κ2) is 8.83. The summed E-state index contributed by atoms with van der Waals surface area (Å²) in [4.78, 5) is 37.4. The molecule has 7 nitrogen and oxygen atoms in total. The fourth-order valence-corrected chi connectivity index (χ4v) is 3.50. The van der Waals surface area contributed by atoms with Crippen LogP contribution in [-0.4, -0.2) is 40.3 Å². The predicted octanol–water partition coefficient (Wildman–Crippen LogP) is 3.78. The molecular weight excluding hydrogens is 394 g/mol. The molecule has 3 rings (SSSR count). The second-order valence-electron chi connectivity index (χ2n) is 6.26. The number of thioether (sulfide) groups is 1. The van der Waals surface area contributed by atoms with Crippen LogP contribution < -0.4 is 9.47 Å². The standard InChI is InChI=1S/C21H19NO6S/c1-13(20(24)25)28-16-9-8-15(10-17(16)27-2)11-18-19(23)22(21(26)29-18)12-14-6-4-3-5-7-14/h3-11,13H,12H2,1-2H3,(H,24,25)/b18-11+. The molecule has 2 aromatic carbocycles. The third kappa shape index (κ3) is 4.78. The average Bonchev–Trinajstić information content (AvgIpc) is 2.97. The molecule has 1 unspecified atom stereocenters. The third-order valence-electron chi connectivity index (χ3n) is 4.19. The van der Waals surface area contributed by atoms with Crippen LogP contribution in [0.4, 0.5) is 4.79 Å². The van der Waals surface area contributed by atoms with Crippen molar-refractivity contribution in [1.29, 1.82) is 0 Å². The number of amides is 2. The van der Waals surface area contributed by atoms with Crippen LogP contribution in [0.2, 0.25) is 0 Å². The minimum atomic E-state index is -1.09. The van der Waals surface area contributed by atoms with Gasteiger partial charge in [0.1, 0.15) is 0 Å². The van der Waals surface area contributed by atoms with Gasteiger partial charge in [0.25, 0.3) is 11.1 Å². The van der Waals surface area contributed by atoms with E-state index in [1.54, 1.807) is 24.3 Å². The molecule has 2 amide bonds. The van der Waals surface area contributed by atoms with Crippen LogP contribution in [0.15, 0.2) is 53.4 Å². The summed E-state index contributed by atoms with van der Waals surface area (Å²) in [6.07, 6.45) is 0.562. The van der Waals surface area contributed by atoms with Crippen LogP contribution in [0, 0.1) is 0 Å². The van der Waals surface area contributed by atoms with Crippen LogP contribution in [0.5, 0.6) is 11.5 Å². The van der Waals surface area contributed by atoms with Gasteiger partial charge in [0, 0.05) is 0 Å². The van der Waals surface area contributed by atoms with E-state index in [4.69, 9.17) is 14.6 Å². The van der Waals surface area contributed by atoms with Gasteiger partial charge in [-0.2, -0.15) is 0 Å². The van der Waals surface area contributed by atoms with Gasteiger partial charge in [-0.25, -0.2) is 4.79 Å². The Morgan fingerprint density at radius 3 is 2.55 bits per heavy atom. The van der Waals surface area contributed by atoms with E-state index in [-0.39, 0.29) is 23.4 Å². The summed E-state index contributed by atoms with van der Waals surface area (Å²) in [5.41, 5.74) is 1.49. The predicted molar refractivity (Wildman–Crippen MR) is 109 cm³/mol. The number of hydrogen-bond donors (Lipinski definition) is 1. The molecule has 0 aliphatic carbocycles. The lowest BCUT2D eigenvalue weighted by molar-refractivity contribution is -0.144. The number of benzene rings is 2. The van der Waals surface area contributed by atoms with Crippen molar-refractivity contribution in [2.24, 2.45) is 0 Å². The monoisotopic (exact) mass is 413 g/mol. The normalized spacial score (nSPS) is 16.2. The van der Waals surface area contributed by atoms with E-state index in [1.165, 1.54) is 18.9 Å². The van der Waals surface area contributed by atoms with Crippen molar-refractivity contribution < 1.29 is 29.0 Å². The third-order valence-corrected chi connectivity index (χ3v) is 5.10. The van der Waals surface area contributed by atoms with E-state index < -0.39 is 12.1 Å². The summed E-state index contributed by atoms with van der Waals surface area (Å²) in [5, 5.41) is 8.66. The number of carboxylic acid groups (broad SMARTS) is 1. The average molecular weight is 413 g/mol. The highest BCUT2D eigenvalue weighted by atomic mass is 32.2. The van der Waals surface area contributed by atoms with Gasteiger partial charge in [-0.3, -0.25) is 14.5 Å². The molecular formula is C21H19NO6S. The summed E-state index contributed by atoms with van der Waals surface area (Å²) in [6.45, 7) is 1.63. The largest absolute Gasteiger partial charge is 0.493 e. The fourth-order valence-electron chi connectivity index (χ4n) is 2.67. The van der Waals surface area contributed by atoms with E-state index in [0.717, 1.165) is 17.3 Å². The van der Waals surface area contributed by atoms with E-state index in [0.29, 0.717) is 16.2 Å². The van der Waals surface area contributed by atoms with E-state index in [2.05, 4.69) is 0 Å². The highest BCUT2D eigenvalue weighted by Crippen LogP contribution is 2.35. The lowest BCUT2D eigenvalue weighted by atomic mass is 10.1. The fraction of sp³-hybridized carbons (Fsp3) is 0.190. The lowest BCUT2D eigenvalue weighted by Crippen LogP contribution is -2.27. The van der Waals surface area contributed by atoms with Crippen molar-refractivity contribution in [3.63, 3.8) is 0 Å². The van der Waals surface area contributed by atoms with Gasteiger partial charge >= 0.3 is 5.97 Å². The Hall–Kier alpha value is -3.26. The molecule has 1 saturated heterocycles. The van der Waals surface area contributed by atoms with Crippen molar-refractivity contribution in [1.82, 2.24) is 4.90 Å². The number of nitrogens with zero attached hydrogens (tertiary/aromatic N) is 1. The molecule has 1 fully saturated rings. The molecule has 1 heterocycles. The maximum Gasteiger partial charge on any atom is 0.344 e. The minimum absolute atomic E-state index is 0.214. The SMILES string of the molecule is COc1cc(/C=C2/SC(=O)N(Cc3ccccc3)C2=O)ccc1OC(C)C(=O)O. The highest BCUT2D eigenvalue weighted by Gasteiger charge is 2.35. The first-order valence-electron chi connectivity index (χ1n) is 8.76. The molecule has 150 valence electrons. The zero-order valence-electron chi connectivity index (χ0n) is 15.8. The first-order chi connectivity index (χ1) is 13.9. The van der Waals surface area contributed by atoms with Gasteiger partial charge in [0.2, 0.25) is 0 Å². The Balaban J connectivity index is 1.80. The van der Waals surface area contributed by atoms with Gasteiger partial charge in [-0.15, -0.1) is 0 Å². The topological polar surface area (TPSA) is 93.1 Å². The first-order valence-corrected chi connectivity index (χ1v) is 9.57. The molecule has 0 aromatic heterocycles. The molecule has 0 saturated carbocycles. The molecule has 1 N–H and O–H groups in total. The molecule has 29 heavy (non-hydrogen) atoms. The maximum atomic E-state index is 12.7. The van der Waals surface area contributed by atoms with Gasteiger partial charge < -0.3 is 14.6 Å². The number of rotatable bonds is 7. The summed E-state index contributed by atoms with van der Waals surface area (Å²) < 4.78 is 10.6. The van der Waals surface area contributed by atoms with Gasteiger partial charge in [-0.1, -0.05) is 36.4 Å². The number of aliphatic carboxylic acids is 1. The molecule has 1 aliphatic heterocycles. The van der Waals surface area contributed by atoms with Crippen LogP contribution in [0.25, 0.3) is 6.08 Å². The van der Waals surface area contributed by atoms with Crippen LogP contribution in [0.1, 0.15) is 18.1 Å². The minimum Gasteiger partial charge on any atom is -0.493 e. The van der Waals surface area contributed by atoms with Gasteiger partial charge in [0.05, 0.1) is 18.6 Å². The van der Waals surface area contributed by atoms with Crippen LogP contribution in [0.3, 0.4) is 0 Å². The number of ether oxygens (including phenoxy) is 2. The molecule has 0 bridgehead atoms. The molecule has 1 atom stereocenters. The first kappa shape index (κ1) is 20.5.